The first-order chi connectivity index (χ1) is 30.2. The Hall–Kier alpha value is -8.35. The van der Waals surface area contributed by atoms with Gasteiger partial charge in [0.05, 0.1) is 22.1 Å². The van der Waals surface area contributed by atoms with Gasteiger partial charge >= 0.3 is 0 Å². The number of para-hydroxylation sites is 4. The minimum atomic E-state index is 0.562. The third-order valence-electron chi connectivity index (χ3n) is 12.2. The van der Waals surface area contributed by atoms with Crippen molar-refractivity contribution in [1.82, 2.24) is 24.1 Å². The molecule has 9 aromatic carbocycles. The van der Waals surface area contributed by atoms with Crippen LogP contribution in [-0.2, 0) is 0 Å². The van der Waals surface area contributed by atoms with E-state index in [0.29, 0.717) is 17.6 Å². The second kappa shape index (κ2) is 13.1. The van der Waals surface area contributed by atoms with Gasteiger partial charge in [0.1, 0.15) is 11.2 Å². The van der Waals surface area contributed by atoms with E-state index in [1.54, 1.807) is 0 Å². The average Bonchev–Trinajstić information content (AvgIpc) is 3.98. The summed E-state index contributed by atoms with van der Waals surface area (Å²) in [4.78, 5) is 16.1. The molecular weight excluding hydrogens is 747 g/mol. The summed E-state index contributed by atoms with van der Waals surface area (Å²) in [6, 6.07) is 70.3. The monoisotopic (exact) mass is 779 g/mol. The van der Waals surface area contributed by atoms with Crippen LogP contribution in [0.2, 0.25) is 0 Å². The maximum Gasteiger partial charge on any atom is 0.238 e. The molecule has 0 aliphatic heterocycles. The van der Waals surface area contributed by atoms with Crippen LogP contribution < -0.4 is 0 Å². The molecule has 0 N–H and O–H groups in total. The zero-order valence-electron chi connectivity index (χ0n) is 32.7. The van der Waals surface area contributed by atoms with Gasteiger partial charge in [-0.25, -0.2) is 4.98 Å². The van der Waals surface area contributed by atoms with Gasteiger partial charge in [0.15, 0.2) is 11.6 Å². The number of rotatable bonds is 5. The Balaban J connectivity index is 1.08. The Morgan fingerprint density at radius 2 is 0.852 bits per heavy atom. The third-order valence-corrected chi connectivity index (χ3v) is 12.2. The molecule has 6 nitrogen and oxygen atoms in total. The maximum absolute atomic E-state index is 6.24. The van der Waals surface area contributed by atoms with Gasteiger partial charge in [0.25, 0.3) is 0 Å². The molecule has 0 atom stereocenters. The normalized spacial score (nSPS) is 11.9. The summed E-state index contributed by atoms with van der Waals surface area (Å²) in [6.07, 6.45) is 0. The number of fused-ring (bicyclic) bond motifs is 10. The second-order valence-electron chi connectivity index (χ2n) is 15.6. The molecule has 0 saturated heterocycles. The molecule has 4 aromatic heterocycles. The predicted molar refractivity (Wildman–Crippen MR) is 250 cm³/mol. The zero-order chi connectivity index (χ0) is 40.0. The Morgan fingerprint density at radius 3 is 1.57 bits per heavy atom. The smallest absolute Gasteiger partial charge is 0.238 e. The van der Waals surface area contributed by atoms with Gasteiger partial charge in [-0.1, -0.05) is 146 Å². The summed E-state index contributed by atoms with van der Waals surface area (Å²) in [7, 11) is 0. The first-order valence-electron chi connectivity index (χ1n) is 20.5. The lowest BCUT2D eigenvalue weighted by molar-refractivity contribution is 0.669. The lowest BCUT2D eigenvalue weighted by Gasteiger charge is -2.14. The fraction of sp³-hybridized carbons (Fsp3) is 0. The van der Waals surface area contributed by atoms with Crippen molar-refractivity contribution in [1.29, 1.82) is 0 Å². The summed E-state index contributed by atoms with van der Waals surface area (Å²) < 4.78 is 10.8. The van der Waals surface area contributed by atoms with Gasteiger partial charge in [-0.05, 0) is 76.5 Å². The van der Waals surface area contributed by atoms with Crippen LogP contribution in [0.1, 0.15) is 0 Å². The molecule has 4 heterocycles. The minimum Gasteiger partial charge on any atom is -0.456 e. The van der Waals surface area contributed by atoms with Gasteiger partial charge in [0, 0.05) is 49.1 Å². The molecule has 0 unspecified atom stereocenters. The number of benzene rings is 9. The van der Waals surface area contributed by atoms with E-state index in [4.69, 9.17) is 19.4 Å². The van der Waals surface area contributed by atoms with Gasteiger partial charge < -0.3 is 8.98 Å². The fourth-order valence-electron chi connectivity index (χ4n) is 9.46. The van der Waals surface area contributed by atoms with Crippen LogP contribution in [0.4, 0.5) is 0 Å². The van der Waals surface area contributed by atoms with Crippen molar-refractivity contribution in [2.24, 2.45) is 0 Å². The number of furan rings is 1. The quantitative estimate of drug-likeness (QED) is 0.175. The highest BCUT2D eigenvalue weighted by molar-refractivity contribution is 6.12. The minimum absolute atomic E-state index is 0.562. The standard InChI is InChI=1S/C55H33N5O/c1-2-14-34(15-3-1)37-29-30-45(39-17-5-4-16-38(37)39)54-56-53(57-55(58-54)60-48-23-11-7-18-40(48)41-19-8-12-24-49(41)60)35-26-28-43-42-20-6-10-22-47(42)59(50(43)32-35)36-27-31-52-46(33-36)44-21-9-13-25-51(44)61-52/h1-33H. The average molecular weight is 780 g/mol. The number of hydrogen-bond acceptors (Lipinski definition) is 4. The number of hydrogen-bond donors (Lipinski definition) is 0. The van der Waals surface area contributed by atoms with E-state index in [1.807, 2.05) is 12.1 Å². The molecule has 0 aliphatic carbocycles. The molecule has 13 aromatic rings. The summed E-state index contributed by atoms with van der Waals surface area (Å²) >= 11 is 0. The first kappa shape index (κ1) is 33.6. The van der Waals surface area contributed by atoms with Gasteiger partial charge in [-0.15, -0.1) is 0 Å². The molecule has 6 heteroatoms. The van der Waals surface area contributed by atoms with Crippen LogP contribution in [-0.4, -0.2) is 24.1 Å². The van der Waals surface area contributed by atoms with Crippen molar-refractivity contribution in [3.05, 3.63) is 200 Å². The van der Waals surface area contributed by atoms with E-state index in [-0.39, 0.29) is 0 Å². The van der Waals surface area contributed by atoms with Crippen LogP contribution in [0.15, 0.2) is 205 Å². The van der Waals surface area contributed by atoms with Crippen LogP contribution in [0.3, 0.4) is 0 Å². The lowest BCUT2D eigenvalue weighted by Crippen LogP contribution is -2.06. The Bertz CT molecular complexity index is 3840. The molecule has 61 heavy (non-hydrogen) atoms. The van der Waals surface area contributed by atoms with Crippen molar-refractivity contribution in [2.75, 3.05) is 0 Å². The summed E-state index contributed by atoms with van der Waals surface area (Å²) in [5, 5.41) is 9.01. The Morgan fingerprint density at radius 1 is 0.311 bits per heavy atom. The summed E-state index contributed by atoms with van der Waals surface area (Å²) in [5.74, 6) is 1.76. The molecule has 0 saturated carbocycles. The van der Waals surface area contributed by atoms with E-state index >= 15 is 0 Å². The number of aromatic nitrogens is 5. The largest absolute Gasteiger partial charge is 0.456 e. The molecular formula is C55H33N5O. The summed E-state index contributed by atoms with van der Waals surface area (Å²) in [6.45, 7) is 0. The topological polar surface area (TPSA) is 61.7 Å². The van der Waals surface area contributed by atoms with E-state index < -0.39 is 0 Å². The molecule has 13 rings (SSSR count). The van der Waals surface area contributed by atoms with E-state index in [0.717, 1.165) is 98.9 Å². The summed E-state index contributed by atoms with van der Waals surface area (Å²) in [5.41, 5.74) is 11.2. The first-order valence-corrected chi connectivity index (χ1v) is 20.5. The van der Waals surface area contributed by atoms with Crippen molar-refractivity contribution >= 4 is 76.3 Å². The molecule has 0 bridgehead atoms. The van der Waals surface area contributed by atoms with E-state index in [9.17, 15) is 0 Å². The van der Waals surface area contributed by atoms with Gasteiger partial charge in [-0.3, -0.25) is 4.57 Å². The van der Waals surface area contributed by atoms with Crippen molar-refractivity contribution < 1.29 is 4.42 Å². The van der Waals surface area contributed by atoms with Crippen LogP contribution in [0, 0.1) is 0 Å². The Labute approximate surface area is 349 Å². The van der Waals surface area contributed by atoms with Crippen LogP contribution in [0.5, 0.6) is 0 Å². The second-order valence-corrected chi connectivity index (χ2v) is 15.6. The highest BCUT2D eigenvalue weighted by atomic mass is 16.3. The fourth-order valence-corrected chi connectivity index (χ4v) is 9.46. The van der Waals surface area contributed by atoms with Crippen LogP contribution >= 0.6 is 0 Å². The zero-order valence-corrected chi connectivity index (χ0v) is 32.7. The maximum atomic E-state index is 6.24. The molecule has 0 amide bonds. The molecule has 284 valence electrons. The van der Waals surface area contributed by atoms with Crippen LogP contribution in [0.25, 0.3) is 122 Å². The van der Waals surface area contributed by atoms with Crippen molar-refractivity contribution in [3.8, 4) is 45.5 Å². The predicted octanol–water partition coefficient (Wildman–Crippen LogP) is 14.1. The van der Waals surface area contributed by atoms with Crippen molar-refractivity contribution in [2.45, 2.75) is 0 Å². The third kappa shape index (κ3) is 5.12. The number of nitrogens with zero attached hydrogens (tertiary/aromatic N) is 5. The lowest BCUT2D eigenvalue weighted by atomic mass is 9.95. The Kier molecular flexibility index (Phi) is 7.21. The van der Waals surface area contributed by atoms with Crippen molar-refractivity contribution in [3.63, 3.8) is 0 Å². The van der Waals surface area contributed by atoms with E-state index in [2.05, 4.69) is 197 Å². The molecule has 0 aliphatic rings. The molecule has 0 fully saturated rings. The highest BCUT2D eigenvalue weighted by Gasteiger charge is 2.21. The van der Waals surface area contributed by atoms with Gasteiger partial charge in [-0.2, -0.15) is 9.97 Å². The highest BCUT2D eigenvalue weighted by Crippen LogP contribution is 2.39. The molecule has 0 spiro atoms. The SMILES string of the molecule is c1ccc(-c2ccc(-c3nc(-c4ccc5c6ccccc6n(-c6ccc7oc8ccccc8c7c6)c5c4)nc(-n4c5ccccc5c5ccccc54)n3)c3ccccc23)cc1. The van der Waals surface area contributed by atoms with Gasteiger partial charge in [0.2, 0.25) is 5.95 Å². The van der Waals surface area contributed by atoms with E-state index in [1.165, 1.54) is 5.39 Å². The molecule has 0 radical (unpaired) electrons.